The number of rotatable bonds is 3. The number of hydrogen-bond donors (Lipinski definition) is 2. The molecule has 1 aliphatic rings. The van der Waals surface area contributed by atoms with E-state index in [4.69, 9.17) is 0 Å². The predicted octanol–water partition coefficient (Wildman–Crippen LogP) is 2.58. The van der Waals surface area contributed by atoms with Crippen LogP contribution in [0.1, 0.15) is 26.2 Å². The Bertz CT molecular complexity index is 361. The maximum Gasteiger partial charge on any atom is 0.244 e. The summed E-state index contributed by atoms with van der Waals surface area (Å²) in [5.74, 6) is 0.0960. The third-order valence-electron chi connectivity index (χ3n) is 3.31. The van der Waals surface area contributed by atoms with Gasteiger partial charge in [-0.05, 0) is 37.9 Å². The number of amides is 1. The van der Waals surface area contributed by atoms with Crippen molar-refractivity contribution in [2.45, 2.75) is 31.7 Å². The highest BCUT2D eigenvalue weighted by Crippen LogP contribution is 2.24. The van der Waals surface area contributed by atoms with Crippen LogP contribution < -0.4 is 10.6 Å². The van der Waals surface area contributed by atoms with Gasteiger partial charge in [0.25, 0.3) is 0 Å². The average molecular weight is 255 g/mol. The zero-order chi connectivity index (χ0) is 11.4. The van der Waals surface area contributed by atoms with Gasteiger partial charge in [-0.25, -0.2) is 0 Å². The highest BCUT2D eigenvalue weighted by Gasteiger charge is 2.38. The van der Waals surface area contributed by atoms with Crippen molar-refractivity contribution in [3.8, 4) is 0 Å². The Morgan fingerprint density at radius 2 is 2.12 bits per heavy atom. The summed E-state index contributed by atoms with van der Waals surface area (Å²) >= 11 is 0. The Balaban J connectivity index is 0.00000144. The summed E-state index contributed by atoms with van der Waals surface area (Å²) in [5.41, 5.74) is 0.518. The average Bonchev–Trinajstić information content (AvgIpc) is 2.80. The Morgan fingerprint density at radius 3 is 2.65 bits per heavy atom. The minimum atomic E-state index is -0.351. The highest BCUT2D eigenvalue weighted by atomic mass is 35.5. The summed E-state index contributed by atoms with van der Waals surface area (Å²) in [6, 6.07) is 9.62. The molecule has 2 N–H and O–H groups in total. The molecule has 1 aromatic rings. The highest BCUT2D eigenvalue weighted by molar-refractivity contribution is 5.98. The standard InChI is InChI=1S/C13H18N2O.ClH/c1-2-13(9-6-10-14-13)12(16)15-11-7-4-3-5-8-11;/h3-5,7-8,14H,2,6,9-10H2,1H3,(H,15,16);1H. The Kier molecular flexibility index (Phi) is 4.97. The second-order valence-corrected chi connectivity index (χ2v) is 4.29. The van der Waals surface area contributed by atoms with Crippen molar-refractivity contribution >= 4 is 24.0 Å². The largest absolute Gasteiger partial charge is 0.324 e. The van der Waals surface area contributed by atoms with Crippen LogP contribution in [0.2, 0.25) is 0 Å². The molecule has 1 atom stereocenters. The molecule has 1 aliphatic heterocycles. The molecule has 2 rings (SSSR count). The van der Waals surface area contributed by atoms with Crippen LogP contribution in [-0.2, 0) is 4.79 Å². The van der Waals surface area contributed by atoms with Gasteiger partial charge >= 0.3 is 0 Å². The lowest BCUT2D eigenvalue weighted by Gasteiger charge is -2.26. The fourth-order valence-corrected chi connectivity index (χ4v) is 2.23. The van der Waals surface area contributed by atoms with Gasteiger partial charge in [-0.15, -0.1) is 12.4 Å². The van der Waals surface area contributed by atoms with Crippen molar-refractivity contribution in [1.82, 2.24) is 5.32 Å². The topological polar surface area (TPSA) is 41.1 Å². The first-order chi connectivity index (χ1) is 7.77. The van der Waals surface area contributed by atoms with Crippen LogP contribution in [0, 0.1) is 0 Å². The van der Waals surface area contributed by atoms with Gasteiger partial charge in [-0.3, -0.25) is 4.79 Å². The molecule has 0 bridgehead atoms. The Hall–Kier alpha value is -1.06. The molecule has 1 fully saturated rings. The van der Waals surface area contributed by atoms with Crippen molar-refractivity contribution in [2.75, 3.05) is 11.9 Å². The summed E-state index contributed by atoms with van der Waals surface area (Å²) in [4.78, 5) is 12.2. The summed E-state index contributed by atoms with van der Waals surface area (Å²) in [6.45, 7) is 3.00. The summed E-state index contributed by atoms with van der Waals surface area (Å²) < 4.78 is 0. The Labute approximate surface area is 108 Å². The molecule has 1 unspecified atom stereocenters. The molecule has 0 spiro atoms. The van der Waals surface area contributed by atoms with E-state index in [2.05, 4.69) is 17.6 Å². The van der Waals surface area contributed by atoms with Gasteiger partial charge in [0.15, 0.2) is 0 Å². The lowest BCUT2D eigenvalue weighted by atomic mass is 9.93. The number of nitrogens with one attached hydrogen (secondary N) is 2. The van der Waals surface area contributed by atoms with Crippen LogP contribution in [0.4, 0.5) is 5.69 Å². The van der Waals surface area contributed by atoms with Gasteiger partial charge in [-0.2, -0.15) is 0 Å². The molecule has 0 aromatic heterocycles. The number of hydrogen-bond acceptors (Lipinski definition) is 2. The third kappa shape index (κ3) is 2.99. The zero-order valence-electron chi connectivity index (χ0n) is 10.0. The SMILES string of the molecule is CCC1(C(=O)Nc2ccccc2)CCCN1.Cl. The maximum absolute atomic E-state index is 12.2. The first-order valence-corrected chi connectivity index (χ1v) is 5.88. The second-order valence-electron chi connectivity index (χ2n) is 4.29. The molecule has 1 amide bonds. The van der Waals surface area contributed by atoms with Crippen LogP contribution in [0.3, 0.4) is 0 Å². The number of halogens is 1. The van der Waals surface area contributed by atoms with Crippen molar-refractivity contribution in [3.05, 3.63) is 30.3 Å². The van der Waals surface area contributed by atoms with E-state index < -0.39 is 0 Å². The van der Waals surface area contributed by atoms with Gasteiger partial charge < -0.3 is 10.6 Å². The minimum absolute atomic E-state index is 0. The van der Waals surface area contributed by atoms with Crippen LogP contribution in [0.5, 0.6) is 0 Å². The van der Waals surface area contributed by atoms with E-state index in [0.29, 0.717) is 0 Å². The molecule has 1 heterocycles. The first-order valence-electron chi connectivity index (χ1n) is 5.88. The molecule has 1 saturated heterocycles. The van der Waals surface area contributed by atoms with Gasteiger partial charge in [0, 0.05) is 5.69 Å². The van der Waals surface area contributed by atoms with E-state index in [1.165, 1.54) is 0 Å². The molecule has 0 aliphatic carbocycles. The van der Waals surface area contributed by atoms with E-state index in [0.717, 1.165) is 31.5 Å². The quantitative estimate of drug-likeness (QED) is 0.871. The van der Waals surface area contributed by atoms with Crippen LogP contribution >= 0.6 is 12.4 Å². The monoisotopic (exact) mass is 254 g/mol. The van der Waals surface area contributed by atoms with E-state index in [-0.39, 0.29) is 23.9 Å². The van der Waals surface area contributed by atoms with Crippen LogP contribution in [0.25, 0.3) is 0 Å². The van der Waals surface area contributed by atoms with Gasteiger partial charge in [0.1, 0.15) is 0 Å². The molecule has 3 nitrogen and oxygen atoms in total. The number of carbonyl (C=O) groups excluding carboxylic acids is 1. The van der Waals surface area contributed by atoms with Crippen molar-refractivity contribution in [1.29, 1.82) is 0 Å². The molecule has 17 heavy (non-hydrogen) atoms. The van der Waals surface area contributed by atoms with Gasteiger partial charge in [-0.1, -0.05) is 25.1 Å². The lowest BCUT2D eigenvalue weighted by Crippen LogP contribution is -2.50. The number of benzene rings is 1. The van der Waals surface area contributed by atoms with E-state index >= 15 is 0 Å². The molecular weight excluding hydrogens is 236 g/mol. The number of para-hydroxylation sites is 1. The second kappa shape index (κ2) is 6.03. The minimum Gasteiger partial charge on any atom is -0.324 e. The van der Waals surface area contributed by atoms with Crippen molar-refractivity contribution in [3.63, 3.8) is 0 Å². The Morgan fingerprint density at radius 1 is 1.41 bits per heavy atom. The first kappa shape index (κ1) is 14.0. The molecule has 0 saturated carbocycles. The van der Waals surface area contributed by atoms with Crippen LogP contribution in [-0.4, -0.2) is 18.0 Å². The predicted molar refractivity (Wildman–Crippen MR) is 72.6 cm³/mol. The molecule has 0 radical (unpaired) electrons. The molecular formula is C13H19ClN2O. The summed E-state index contributed by atoms with van der Waals surface area (Å²) in [5, 5.41) is 6.30. The lowest BCUT2D eigenvalue weighted by molar-refractivity contribution is -0.122. The normalized spacial score (nSPS) is 22.9. The van der Waals surface area contributed by atoms with E-state index in [1.807, 2.05) is 30.3 Å². The zero-order valence-corrected chi connectivity index (χ0v) is 10.8. The number of carbonyl (C=O) groups is 1. The molecule has 94 valence electrons. The number of anilines is 1. The van der Waals surface area contributed by atoms with Crippen molar-refractivity contribution < 1.29 is 4.79 Å². The van der Waals surface area contributed by atoms with E-state index in [9.17, 15) is 4.79 Å². The summed E-state index contributed by atoms with van der Waals surface area (Å²) in [7, 11) is 0. The smallest absolute Gasteiger partial charge is 0.244 e. The fourth-order valence-electron chi connectivity index (χ4n) is 2.23. The van der Waals surface area contributed by atoms with Gasteiger partial charge in [0.05, 0.1) is 5.54 Å². The maximum atomic E-state index is 12.2. The molecule has 1 aromatic carbocycles. The van der Waals surface area contributed by atoms with Crippen LogP contribution in [0.15, 0.2) is 30.3 Å². The van der Waals surface area contributed by atoms with Gasteiger partial charge in [0.2, 0.25) is 5.91 Å². The molecule has 4 heteroatoms. The third-order valence-corrected chi connectivity index (χ3v) is 3.31. The summed E-state index contributed by atoms with van der Waals surface area (Å²) in [6.07, 6.45) is 2.85. The van der Waals surface area contributed by atoms with E-state index in [1.54, 1.807) is 0 Å². The fraction of sp³-hybridized carbons (Fsp3) is 0.462. The van der Waals surface area contributed by atoms with Crippen molar-refractivity contribution in [2.24, 2.45) is 0 Å².